The zero-order valence-corrected chi connectivity index (χ0v) is 19.2. The molecule has 0 saturated carbocycles. The third kappa shape index (κ3) is 5.54. The van der Waals surface area contributed by atoms with Gasteiger partial charge in [-0.15, -0.1) is 0 Å². The van der Waals surface area contributed by atoms with Crippen molar-refractivity contribution in [2.45, 2.75) is 6.04 Å². The van der Waals surface area contributed by atoms with E-state index >= 15 is 0 Å². The van der Waals surface area contributed by atoms with Gasteiger partial charge in [0.05, 0.1) is 27.8 Å². The number of nitrogens with zero attached hydrogens (tertiary/aromatic N) is 2. The fourth-order valence-electron chi connectivity index (χ4n) is 3.13. The van der Waals surface area contributed by atoms with Crippen LogP contribution in [0.2, 0.25) is 10.0 Å². The number of nitro benzene ring substituents is 1. The summed E-state index contributed by atoms with van der Waals surface area (Å²) in [6.07, 6.45) is 3.05. The molecule has 0 aromatic heterocycles. The van der Waals surface area contributed by atoms with Gasteiger partial charge in [0.25, 0.3) is 11.6 Å². The van der Waals surface area contributed by atoms with Crippen molar-refractivity contribution in [3.05, 3.63) is 104 Å². The first-order valence-corrected chi connectivity index (χ1v) is 10.6. The minimum absolute atomic E-state index is 0.0260. The largest absolute Gasteiger partial charge is 0.506 e. The molecule has 3 aromatic carbocycles. The average Bonchev–Trinajstić information content (AvgIpc) is 2.84. The number of methoxy groups -OCH3 is 1. The summed E-state index contributed by atoms with van der Waals surface area (Å²) in [5.41, 5.74) is 0.454. The van der Waals surface area contributed by atoms with Crippen LogP contribution in [0.15, 0.2) is 72.8 Å². The van der Waals surface area contributed by atoms with Gasteiger partial charge in [0.2, 0.25) is 0 Å². The Labute approximate surface area is 204 Å². The molecular formula is C24H18Cl2N2O6. The number of halogens is 2. The normalized spacial score (nSPS) is 11.7. The number of aromatic hydroxyl groups is 1. The second-order valence-electron chi connectivity index (χ2n) is 6.97. The second-order valence-corrected chi connectivity index (χ2v) is 7.79. The number of carbonyl (C=O) groups excluding carboxylic acids is 2. The quantitative estimate of drug-likeness (QED) is 0.260. The highest BCUT2D eigenvalue weighted by molar-refractivity contribution is 6.42. The number of hydrogen-bond acceptors (Lipinski definition) is 6. The monoisotopic (exact) mass is 500 g/mol. The molecule has 8 nitrogen and oxygen atoms in total. The maximum atomic E-state index is 13.6. The number of benzene rings is 3. The minimum Gasteiger partial charge on any atom is -0.506 e. The Balaban J connectivity index is 2.16. The summed E-state index contributed by atoms with van der Waals surface area (Å²) in [4.78, 5) is 37.7. The van der Waals surface area contributed by atoms with E-state index in [1.807, 2.05) is 6.07 Å². The number of phenols is 1. The van der Waals surface area contributed by atoms with Crippen LogP contribution in [-0.2, 0) is 9.53 Å². The highest BCUT2D eigenvalue weighted by atomic mass is 35.5. The van der Waals surface area contributed by atoms with E-state index in [4.69, 9.17) is 27.9 Å². The Hall–Kier alpha value is -3.88. The lowest BCUT2D eigenvalue weighted by Gasteiger charge is -2.29. The van der Waals surface area contributed by atoms with Gasteiger partial charge in [0.15, 0.2) is 6.04 Å². The smallest absolute Gasteiger partial charge is 0.333 e. The molecule has 0 bridgehead atoms. The molecule has 174 valence electrons. The van der Waals surface area contributed by atoms with Crippen LogP contribution in [-0.4, -0.2) is 35.1 Å². The number of hydrogen-bond donors (Lipinski definition) is 1. The van der Waals surface area contributed by atoms with Crippen molar-refractivity contribution in [1.29, 1.82) is 0 Å². The highest BCUT2D eigenvalue weighted by Crippen LogP contribution is 2.38. The molecule has 34 heavy (non-hydrogen) atoms. The summed E-state index contributed by atoms with van der Waals surface area (Å²) in [6, 6.07) is 14.9. The van der Waals surface area contributed by atoms with Gasteiger partial charge in [-0.2, -0.15) is 0 Å². The third-order valence-corrected chi connectivity index (χ3v) is 5.53. The van der Waals surface area contributed by atoms with E-state index in [-0.39, 0.29) is 27.0 Å². The number of amides is 1. The molecule has 0 aliphatic carbocycles. The predicted molar refractivity (Wildman–Crippen MR) is 129 cm³/mol. The van der Waals surface area contributed by atoms with Gasteiger partial charge in [-0.25, -0.2) is 4.79 Å². The van der Waals surface area contributed by atoms with Gasteiger partial charge in [-0.05, 0) is 29.8 Å². The first kappa shape index (κ1) is 24.8. The molecule has 1 atom stereocenters. The van der Waals surface area contributed by atoms with E-state index in [0.717, 1.165) is 35.8 Å². The number of phenolic OH excluding ortho intramolecular Hbond substituents is 1. The molecular weight excluding hydrogens is 483 g/mol. The van der Waals surface area contributed by atoms with Crippen molar-refractivity contribution < 1.29 is 24.4 Å². The molecule has 0 heterocycles. The molecule has 0 aliphatic heterocycles. The lowest BCUT2D eigenvalue weighted by atomic mass is 10.1. The molecule has 0 fully saturated rings. The number of rotatable bonds is 7. The molecule has 1 N–H and O–H groups in total. The van der Waals surface area contributed by atoms with Crippen molar-refractivity contribution in [2.75, 3.05) is 12.0 Å². The van der Waals surface area contributed by atoms with E-state index in [1.54, 1.807) is 30.3 Å². The number of non-ortho nitro benzene ring substituents is 1. The fraction of sp³-hybridized carbons (Fsp3) is 0.0833. The molecule has 3 aromatic rings. The maximum Gasteiger partial charge on any atom is 0.333 e. The van der Waals surface area contributed by atoms with Gasteiger partial charge < -0.3 is 9.84 Å². The fourth-order valence-corrected chi connectivity index (χ4v) is 3.44. The summed E-state index contributed by atoms with van der Waals surface area (Å²) in [5.74, 6) is -1.95. The zero-order chi connectivity index (χ0) is 24.8. The molecule has 0 radical (unpaired) electrons. The summed E-state index contributed by atoms with van der Waals surface area (Å²) in [7, 11) is 1.16. The molecule has 1 amide bonds. The standard InChI is InChI=1S/C24H18Cl2N2O6/c1-34-24(31)20(12-7-15-5-3-2-4-6-15)27(21-13-18(25)19(26)14-22(21)29)23(30)16-8-10-17(11-9-16)28(32)33/h2-14,20,29H,1H3/b12-7+/t20-/m1/s1. The van der Waals surface area contributed by atoms with Crippen LogP contribution in [0.4, 0.5) is 11.4 Å². The molecule has 0 saturated heterocycles. The molecule has 0 spiro atoms. The molecule has 10 heteroatoms. The Kier molecular flexibility index (Phi) is 7.88. The number of anilines is 1. The second kappa shape index (κ2) is 10.8. The van der Waals surface area contributed by atoms with E-state index < -0.39 is 28.6 Å². The Bertz CT molecular complexity index is 1250. The number of carbonyl (C=O) groups is 2. The Morgan fingerprint density at radius 3 is 2.26 bits per heavy atom. The topological polar surface area (TPSA) is 110 Å². The van der Waals surface area contributed by atoms with Crippen LogP contribution >= 0.6 is 23.2 Å². The summed E-state index contributed by atoms with van der Waals surface area (Å²) < 4.78 is 4.92. The Morgan fingerprint density at radius 2 is 1.68 bits per heavy atom. The van der Waals surface area contributed by atoms with Crippen molar-refractivity contribution in [3.63, 3.8) is 0 Å². The molecule has 0 unspecified atom stereocenters. The van der Waals surface area contributed by atoms with Gasteiger partial charge in [-0.1, -0.05) is 59.6 Å². The lowest BCUT2D eigenvalue weighted by molar-refractivity contribution is -0.384. The van der Waals surface area contributed by atoms with Crippen LogP contribution in [0.25, 0.3) is 6.08 Å². The lowest BCUT2D eigenvalue weighted by Crippen LogP contribution is -2.45. The number of ether oxygens (including phenoxy) is 1. The minimum atomic E-state index is -1.32. The Morgan fingerprint density at radius 1 is 1.06 bits per heavy atom. The summed E-state index contributed by atoms with van der Waals surface area (Å²) in [5, 5.41) is 21.6. The first-order chi connectivity index (χ1) is 16.2. The van der Waals surface area contributed by atoms with E-state index in [1.165, 1.54) is 24.3 Å². The highest BCUT2D eigenvalue weighted by Gasteiger charge is 2.33. The van der Waals surface area contributed by atoms with Gasteiger partial charge in [0, 0.05) is 23.8 Å². The van der Waals surface area contributed by atoms with Gasteiger partial charge in [-0.3, -0.25) is 19.8 Å². The average molecular weight is 501 g/mol. The van der Waals surface area contributed by atoms with Crippen molar-refractivity contribution in [2.24, 2.45) is 0 Å². The first-order valence-electron chi connectivity index (χ1n) is 9.80. The van der Waals surface area contributed by atoms with Gasteiger partial charge >= 0.3 is 5.97 Å². The van der Waals surface area contributed by atoms with Crippen molar-refractivity contribution >= 4 is 52.5 Å². The van der Waals surface area contributed by atoms with E-state index in [9.17, 15) is 24.8 Å². The SMILES string of the molecule is COC(=O)[C@@H](/C=C/c1ccccc1)N(C(=O)c1ccc([N+](=O)[O-])cc1)c1cc(Cl)c(Cl)cc1O. The van der Waals surface area contributed by atoms with Crippen LogP contribution in [0, 0.1) is 10.1 Å². The number of esters is 1. The van der Waals surface area contributed by atoms with Crippen molar-refractivity contribution in [3.8, 4) is 5.75 Å². The van der Waals surface area contributed by atoms with E-state index in [2.05, 4.69) is 0 Å². The van der Waals surface area contributed by atoms with Crippen LogP contribution in [0.5, 0.6) is 5.75 Å². The van der Waals surface area contributed by atoms with Gasteiger partial charge in [0.1, 0.15) is 5.75 Å². The van der Waals surface area contributed by atoms with Crippen LogP contribution in [0.3, 0.4) is 0 Å². The van der Waals surface area contributed by atoms with Crippen molar-refractivity contribution in [1.82, 2.24) is 0 Å². The predicted octanol–water partition coefficient (Wildman–Crippen LogP) is 5.51. The maximum absolute atomic E-state index is 13.6. The molecule has 3 rings (SSSR count). The van der Waals surface area contributed by atoms with Crippen LogP contribution in [0.1, 0.15) is 15.9 Å². The zero-order valence-electron chi connectivity index (χ0n) is 17.7. The molecule has 0 aliphatic rings. The summed E-state index contributed by atoms with van der Waals surface area (Å²) in [6.45, 7) is 0. The van der Waals surface area contributed by atoms with E-state index in [0.29, 0.717) is 0 Å². The third-order valence-electron chi connectivity index (χ3n) is 4.81. The number of nitro groups is 1. The summed E-state index contributed by atoms with van der Waals surface area (Å²) >= 11 is 12.1. The van der Waals surface area contributed by atoms with Crippen LogP contribution < -0.4 is 4.90 Å².